The first-order chi connectivity index (χ1) is 39.1. The Balaban J connectivity index is 1.14. The molecule has 0 saturated heterocycles. The first kappa shape index (κ1) is 58.3. The molecule has 6 aromatic heterocycles. The summed E-state index contributed by atoms with van der Waals surface area (Å²) in [6.07, 6.45) is 1.98. The molecule has 0 radical (unpaired) electrons. The summed E-state index contributed by atoms with van der Waals surface area (Å²) in [6, 6.07) is 3.38. The SMILES string of the molecule is C=C1NC(=O)C(C)NC(=O)C(CCC(N)=O)NC(=O)c2csc(n2)C(=C)NC(=O)c2csc(n2)C(CO)NC(=O)CNC(=O)C(Cc2c[nH]c3ccccc23)NC(=O)c2ccc(-c3nc(C(=O)NC(C)C(=O)O)cs3)nc2-c2coc1n2. The van der Waals surface area contributed by atoms with Gasteiger partial charge < -0.3 is 67.9 Å². The highest BCUT2D eigenvalue weighted by molar-refractivity contribution is 7.13. The number of nitrogens with zero attached hydrogens (tertiary/aromatic N) is 5. The molecule has 1 aliphatic heterocycles. The number of para-hydroxylation sites is 1. The molecular weight excluding hydrogens is 1130 g/mol. The van der Waals surface area contributed by atoms with Crippen LogP contribution in [0.3, 0.4) is 0 Å². The van der Waals surface area contributed by atoms with E-state index >= 15 is 0 Å². The molecule has 5 unspecified atom stereocenters. The van der Waals surface area contributed by atoms with E-state index in [9.17, 15) is 58.2 Å². The normalized spacial score (nSPS) is 18.5. The Kier molecular flexibility index (Phi) is 18.1. The van der Waals surface area contributed by atoms with Crippen molar-refractivity contribution < 1.29 is 62.6 Å². The summed E-state index contributed by atoms with van der Waals surface area (Å²) in [7, 11) is 0. The van der Waals surface area contributed by atoms with Crippen LogP contribution in [-0.4, -0.2) is 137 Å². The second-order valence-corrected chi connectivity index (χ2v) is 20.7. The van der Waals surface area contributed by atoms with Crippen molar-refractivity contribution in [3.8, 4) is 22.1 Å². The molecule has 5 atom stereocenters. The van der Waals surface area contributed by atoms with Crippen LogP contribution < -0.4 is 48.3 Å². The molecule has 1 aromatic carbocycles. The summed E-state index contributed by atoms with van der Waals surface area (Å²) in [5.74, 6) is -9.06. The number of carboxylic acid groups (broad SMARTS) is 1. The quantitative estimate of drug-likeness (QED) is 0.0913. The van der Waals surface area contributed by atoms with Crippen LogP contribution >= 0.6 is 34.0 Å². The molecule has 0 saturated carbocycles. The van der Waals surface area contributed by atoms with Gasteiger partial charge in [0, 0.05) is 46.1 Å². The third-order valence-electron chi connectivity index (χ3n) is 12.1. The van der Waals surface area contributed by atoms with E-state index < -0.39 is 102 Å². The maximum atomic E-state index is 14.7. The van der Waals surface area contributed by atoms with Crippen molar-refractivity contribution in [3.63, 3.8) is 0 Å². The van der Waals surface area contributed by atoms with E-state index in [-0.39, 0.29) is 91.3 Å². The number of aliphatic hydroxyl groups excluding tert-OH is 1. The van der Waals surface area contributed by atoms with Gasteiger partial charge in [0.2, 0.25) is 35.4 Å². The number of aliphatic carboxylic acids is 1. The third kappa shape index (κ3) is 13.9. The lowest BCUT2D eigenvalue weighted by atomic mass is 10.0. The summed E-state index contributed by atoms with van der Waals surface area (Å²) < 4.78 is 5.72. The lowest BCUT2D eigenvalue weighted by Gasteiger charge is -2.20. The van der Waals surface area contributed by atoms with Gasteiger partial charge in [-0.3, -0.25) is 47.9 Å². The molecule has 1 aliphatic rings. The molecule has 7 heterocycles. The highest BCUT2D eigenvalue weighted by Crippen LogP contribution is 2.30. The van der Waals surface area contributed by atoms with Crippen molar-refractivity contribution in [2.45, 2.75) is 63.3 Å². The Morgan fingerprint density at radius 3 is 2.26 bits per heavy atom. The monoisotopic (exact) mass is 1180 g/mol. The minimum atomic E-state index is -1.43. The Morgan fingerprint density at radius 1 is 0.768 bits per heavy atom. The van der Waals surface area contributed by atoms with Crippen LogP contribution in [0.25, 0.3) is 44.4 Å². The number of carbonyl (C=O) groups excluding carboxylic acids is 9. The first-order valence-electron chi connectivity index (χ1n) is 24.5. The number of benzene rings is 1. The molecule has 8 rings (SSSR count). The topological polar surface area (TPSA) is 427 Å². The maximum Gasteiger partial charge on any atom is 0.325 e. The van der Waals surface area contributed by atoms with Crippen LogP contribution in [0.15, 0.2) is 82.6 Å². The fourth-order valence-electron chi connectivity index (χ4n) is 7.79. The number of hydrogen-bond donors (Lipinski definition) is 12. The number of H-pyrrole nitrogens is 1. The molecule has 0 aliphatic carbocycles. The number of hydrogen-bond acceptors (Lipinski definition) is 20. The minimum Gasteiger partial charge on any atom is -0.480 e. The Hall–Kier alpha value is -9.85. The lowest BCUT2D eigenvalue weighted by Crippen LogP contribution is -2.52. The summed E-state index contributed by atoms with van der Waals surface area (Å²) in [6.45, 7) is 8.93. The molecule has 82 heavy (non-hydrogen) atoms. The largest absolute Gasteiger partial charge is 0.480 e. The number of amides is 9. The second kappa shape index (κ2) is 25.5. The molecule has 28 nitrogen and oxygen atoms in total. The summed E-state index contributed by atoms with van der Waals surface area (Å²) in [5.41, 5.74) is 5.53. The van der Waals surface area contributed by atoms with E-state index in [4.69, 9.17) is 10.2 Å². The van der Waals surface area contributed by atoms with Gasteiger partial charge in [-0.15, -0.1) is 34.0 Å². The average Bonchev–Trinajstić information content (AvgIpc) is 4.48. The molecule has 0 spiro atoms. The van der Waals surface area contributed by atoms with Crippen molar-refractivity contribution in [3.05, 3.63) is 122 Å². The molecular formula is C51H49N15O13S3. The van der Waals surface area contributed by atoms with Gasteiger partial charge in [0.05, 0.1) is 35.8 Å². The van der Waals surface area contributed by atoms with Gasteiger partial charge >= 0.3 is 5.97 Å². The molecule has 6 bridgehead atoms. The van der Waals surface area contributed by atoms with Crippen LogP contribution in [-0.2, 0) is 35.2 Å². The standard InChI is InChI=1S/C51H49N15O13S3/c1-21-40(70)56-22(2)47-63-33(17-79-47)39-27(9-10-30(60-39)49-65-35(19-81-49)45(75)58-24(4)51(77)78)41(71)62-31(13-25-14-53-28-8-6-5-7-26(25)28)42(72)54-15-38(69)59-32(16-67)50-66-34(20-82-50)44(74)57-23(3)48-64-36(18-80-48)46(76)61-29(43(73)55-21)11-12-37(52)68/h5-10,14,17-21,24,29,31-32,53,67H,2-3,11-13,15-16H2,1,4H3,(H2,52,68)(H,54,72)(H,55,73)(H,56,70)(H,57,74)(H,58,75)(H,59,69)(H,61,76)(H,62,71)(H,77,78). The molecule has 7 aromatic rings. The number of rotatable bonds is 10. The molecule has 13 N–H and O–H groups in total. The minimum absolute atomic E-state index is 0.0430. The highest BCUT2D eigenvalue weighted by Gasteiger charge is 2.31. The maximum absolute atomic E-state index is 14.7. The summed E-state index contributed by atoms with van der Waals surface area (Å²) in [4.78, 5) is 158. The van der Waals surface area contributed by atoms with Gasteiger partial charge in [-0.2, -0.15) is 0 Å². The summed E-state index contributed by atoms with van der Waals surface area (Å²) >= 11 is 2.81. The van der Waals surface area contributed by atoms with E-state index in [0.29, 0.717) is 5.56 Å². The van der Waals surface area contributed by atoms with Gasteiger partial charge in [-0.05, 0) is 44.0 Å². The zero-order valence-electron chi connectivity index (χ0n) is 43.1. The number of aromatic amines is 1. The van der Waals surface area contributed by atoms with Gasteiger partial charge in [-0.25, -0.2) is 24.9 Å². The van der Waals surface area contributed by atoms with Crippen LogP contribution in [0.4, 0.5) is 0 Å². The predicted molar refractivity (Wildman–Crippen MR) is 295 cm³/mol. The van der Waals surface area contributed by atoms with E-state index in [1.54, 1.807) is 24.4 Å². The van der Waals surface area contributed by atoms with Gasteiger partial charge in [-0.1, -0.05) is 31.4 Å². The average molecular weight is 1180 g/mol. The molecule has 0 fully saturated rings. The number of oxazole rings is 1. The number of aromatic nitrogens is 6. The van der Waals surface area contributed by atoms with Gasteiger partial charge in [0.15, 0.2) is 0 Å². The number of pyridine rings is 1. The molecule has 9 amide bonds. The van der Waals surface area contributed by atoms with Gasteiger partial charge in [0.25, 0.3) is 23.6 Å². The van der Waals surface area contributed by atoms with Crippen molar-refractivity contribution in [2.75, 3.05) is 13.2 Å². The van der Waals surface area contributed by atoms with Crippen LogP contribution in [0.2, 0.25) is 0 Å². The predicted octanol–water partition coefficient (Wildman–Crippen LogP) is 1.13. The number of nitrogens with two attached hydrogens (primary N) is 1. The number of nitrogens with one attached hydrogen (secondary N) is 9. The number of aliphatic hydroxyl groups is 1. The van der Waals surface area contributed by atoms with Crippen LogP contribution in [0.5, 0.6) is 0 Å². The van der Waals surface area contributed by atoms with Crippen molar-refractivity contribution in [2.24, 2.45) is 5.73 Å². The van der Waals surface area contributed by atoms with Crippen molar-refractivity contribution >= 4 is 115 Å². The summed E-state index contributed by atoms with van der Waals surface area (Å²) in [5, 5.41) is 44.9. The van der Waals surface area contributed by atoms with E-state index in [2.05, 4.69) is 85.6 Å². The number of carbonyl (C=O) groups is 10. The van der Waals surface area contributed by atoms with Crippen molar-refractivity contribution in [1.29, 1.82) is 0 Å². The van der Waals surface area contributed by atoms with E-state index in [0.717, 1.165) is 51.2 Å². The number of fused-ring (bicyclic) bond motifs is 9. The van der Waals surface area contributed by atoms with Crippen molar-refractivity contribution in [1.82, 2.24) is 72.4 Å². The Labute approximate surface area is 474 Å². The fourth-order valence-corrected chi connectivity index (χ4v) is 10.1. The van der Waals surface area contributed by atoms with Crippen LogP contribution in [0, 0.1) is 0 Å². The zero-order valence-corrected chi connectivity index (χ0v) is 45.6. The van der Waals surface area contributed by atoms with Crippen LogP contribution in [0.1, 0.15) is 96.0 Å². The smallest absolute Gasteiger partial charge is 0.325 e. The Bertz CT molecular complexity index is 3710. The van der Waals surface area contributed by atoms with E-state index in [1.807, 2.05) is 6.07 Å². The van der Waals surface area contributed by atoms with Gasteiger partial charge in [0.1, 0.15) is 80.0 Å². The first-order valence-corrected chi connectivity index (χ1v) is 27.1. The molecule has 424 valence electrons. The fraction of sp³-hybridized carbons (Fsp3) is 0.235. The molecule has 31 heteroatoms. The Morgan fingerprint density at radius 2 is 1.50 bits per heavy atom. The number of carboxylic acids is 1. The zero-order chi connectivity index (χ0) is 58.9. The second-order valence-electron chi connectivity index (χ2n) is 18.1. The third-order valence-corrected chi connectivity index (χ3v) is 14.8. The number of primary amides is 1. The lowest BCUT2D eigenvalue weighted by molar-refractivity contribution is -0.138. The van der Waals surface area contributed by atoms with E-state index in [1.165, 1.54) is 42.1 Å². The number of thiazole rings is 3. The highest BCUT2D eigenvalue weighted by atomic mass is 32.1.